The van der Waals surface area contributed by atoms with Crippen molar-refractivity contribution in [3.8, 4) is 0 Å². The number of carbonyl (C=O) groups is 1. The molecule has 0 aliphatic carbocycles. The first-order chi connectivity index (χ1) is 7.56. The summed E-state index contributed by atoms with van der Waals surface area (Å²) in [6.45, 7) is 5.51. The van der Waals surface area contributed by atoms with Gasteiger partial charge in [-0.25, -0.2) is 0 Å². The van der Waals surface area contributed by atoms with Crippen molar-refractivity contribution in [2.24, 2.45) is 5.92 Å². The number of nitrogens with zero attached hydrogens (tertiary/aromatic N) is 1. The minimum Gasteiger partial charge on any atom is -0.379 e. The zero-order valence-electron chi connectivity index (χ0n) is 9.74. The minimum absolute atomic E-state index is 0.0172. The van der Waals surface area contributed by atoms with Crippen molar-refractivity contribution < 1.29 is 14.3 Å². The molecule has 0 aromatic heterocycles. The summed E-state index contributed by atoms with van der Waals surface area (Å²) in [5.41, 5.74) is -0.455. The first kappa shape index (κ1) is 12.1. The lowest BCUT2D eigenvalue weighted by atomic mass is 10.1. The highest BCUT2D eigenvalue weighted by Gasteiger charge is 2.51. The third-order valence-electron chi connectivity index (χ3n) is 3.26. The van der Waals surface area contributed by atoms with Gasteiger partial charge in [0, 0.05) is 5.88 Å². The predicted molar refractivity (Wildman–Crippen MR) is 60.3 cm³/mol. The number of rotatable bonds is 4. The minimum atomic E-state index is -0.455. The van der Waals surface area contributed by atoms with E-state index in [9.17, 15) is 4.79 Å². The molecule has 1 amide bonds. The zero-order chi connectivity index (χ0) is 11.8. The number of ether oxygens (including phenoxy) is 2. The molecule has 0 aromatic rings. The highest BCUT2D eigenvalue weighted by atomic mass is 35.5. The van der Waals surface area contributed by atoms with Crippen LogP contribution in [0.2, 0.25) is 0 Å². The molecular weight excluding hydrogens is 230 g/mol. The molecule has 2 saturated heterocycles. The molecule has 2 fully saturated rings. The van der Waals surface area contributed by atoms with Gasteiger partial charge in [0.05, 0.1) is 31.8 Å². The summed E-state index contributed by atoms with van der Waals surface area (Å²) in [5.74, 6) is 0.612. The van der Waals surface area contributed by atoms with Crippen molar-refractivity contribution in [2.75, 3.05) is 25.7 Å². The van der Waals surface area contributed by atoms with Crippen LogP contribution >= 0.6 is 11.6 Å². The van der Waals surface area contributed by atoms with Gasteiger partial charge in [-0.15, -0.1) is 11.6 Å². The molecule has 4 nitrogen and oxygen atoms in total. The molecule has 2 atom stereocenters. The molecule has 0 N–H and O–H groups in total. The molecule has 0 radical (unpaired) electrons. The van der Waals surface area contributed by atoms with Crippen molar-refractivity contribution in [2.45, 2.75) is 32.0 Å². The molecule has 5 heteroatoms. The quantitative estimate of drug-likeness (QED) is 0.554. The molecule has 0 spiro atoms. The molecular formula is C11H18ClNO3. The number of alkyl halides is 1. The van der Waals surface area contributed by atoms with E-state index in [2.05, 4.69) is 0 Å². The van der Waals surface area contributed by atoms with Gasteiger partial charge in [0.2, 0.25) is 5.91 Å². The van der Waals surface area contributed by atoms with Crippen molar-refractivity contribution in [1.82, 2.24) is 4.90 Å². The number of halogens is 1. The molecule has 0 saturated carbocycles. The normalized spacial score (nSPS) is 32.2. The van der Waals surface area contributed by atoms with Gasteiger partial charge in [-0.2, -0.15) is 0 Å². The summed E-state index contributed by atoms with van der Waals surface area (Å²) in [7, 11) is 0. The lowest BCUT2D eigenvalue weighted by molar-refractivity contribution is -0.146. The smallest absolute Gasteiger partial charge is 0.230 e. The van der Waals surface area contributed by atoms with Crippen LogP contribution < -0.4 is 0 Å². The van der Waals surface area contributed by atoms with Crippen LogP contribution in [0.4, 0.5) is 0 Å². The second-order valence-electron chi connectivity index (χ2n) is 4.82. The van der Waals surface area contributed by atoms with Crippen LogP contribution in [0, 0.1) is 5.92 Å². The Morgan fingerprint density at radius 2 is 2.38 bits per heavy atom. The number of carbonyl (C=O) groups excluding carboxylic acids is 1. The van der Waals surface area contributed by atoms with E-state index in [-0.39, 0.29) is 17.9 Å². The topological polar surface area (TPSA) is 38.8 Å². The molecule has 2 unspecified atom stereocenters. The molecule has 92 valence electrons. The van der Waals surface area contributed by atoms with Crippen LogP contribution in [0.15, 0.2) is 0 Å². The number of hydrogen-bond donors (Lipinski definition) is 0. The van der Waals surface area contributed by atoms with Crippen LogP contribution in [0.25, 0.3) is 0 Å². The Hall–Kier alpha value is -0.320. The van der Waals surface area contributed by atoms with Crippen LogP contribution in [0.1, 0.15) is 20.3 Å². The first-order valence-corrected chi connectivity index (χ1v) is 6.20. The second kappa shape index (κ2) is 4.51. The average Bonchev–Trinajstić information content (AvgIpc) is 2.68. The molecule has 2 aliphatic heterocycles. The van der Waals surface area contributed by atoms with Gasteiger partial charge in [0.25, 0.3) is 0 Å². The molecule has 0 bridgehead atoms. The van der Waals surface area contributed by atoms with Gasteiger partial charge in [-0.1, -0.05) is 0 Å². The fraction of sp³-hybridized carbons (Fsp3) is 0.909. The Kier molecular flexibility index (Phi) is 3.42. The number of fused-ring (bicyclic) bond motifs is 1. The maximum atomic E-state index is 12.1. The summed E-state index contributed by atoms with van der Waals surface area (Å²) in [6.07, 6.45) is 0.838. The summed E-state index contributed by atoms with van der Waals surface area (Å²) < 4.78 is 10.9. The van der Waals surface area contributed by atoms with E-state index in [0.29, 0.717) is 25.7 Å². The van der Waals surface area contributed by atoms with E-state index in [0.717, 1.165) is 6.42 Å². The van der Waals surface area contributed by atoms with E-state index in [1.807, 2.05) is 18.7 Å². The second-order valence-corrected chi connectivity index (χ2v) is 5.19. The predicted octanol–water partition coefficient (Wildman–Crippen LogP) is 1.23. The van der Waals surface area contributed by atoms with E-state index in [4.69, 9.17) is 21.1 Å². The summed E-state index contributed by atoms with van der Waals surface area (Å²) in [5, 5.41) is 0. The standard InChI is InChI=1S/C11H18ClNO3/c1-11(2)13-9(7-16-11)5-8(10(13)14)6-15-4-3-12/h8-9H,3-7H2,1-2H3. The lowest BCUT2D eigenvalue weighted by Gasteiger charge is -2.29. The van der Waals surface area contributed by atoms with E-state index in [1.165, 1.54) is 0 Å². The fourth-order valence-electron chi connectivity index (χ4n) is 2.55. The van der Waals surface area contributed by atoms with E-state index >= 15 is 0 Å². The van der Waals surface area contributed by atoms with Gasteiger partial charge in [0.1, 0.15) is 5.72 Å². The van der Waals surface area contributed by atoms with Gasteiger partial charge in [-0.05, 0) is 20.3 Å². The lowest BCUT2D eigenvalue weighted by Crippen LogP contribution is -2.44. The number of hydrogen-bond acceptors (Lipinski definition) is 3. The SMILES string of the molecule is CC1(C)OCC2CC(COCCCl)C(=O)N21. The number of amides is 1. The van der Waals surface area contributed by atoms with Crippen LogP contribution in [-0.2, 0) is 14.3 Å². The monoisotopic (exact) mass is 247 g/mol. The highest BCUT2D eigenvalue weighted by Crippen LogP contribution is 2.37. The Labute approximate surface area is 101 Å². The highest BCUT2D eigenvalue weighted by molar-refractivity contribution is 6.17. The van der Waals surface area contributed by atoms with Crippen LogP contribution in [0.5, 0.6) is 0 Å². The maximum Gasteiger partial charge on any atom is 0.230 e. The van der Waals surface area contributed by atoms with E-state index in [1.54, 1.807) is 0 Å². The molecule has 0 aromatic carbocycles. The Morgan fingerprint density at radius 3 is 3.00 bits per heavy atom. The molecule has 2 rings (SSSR count). The summed E-state index contributed by atoms with van der Waals surface area (Å²) in [6, 6.07) is 0.229. The molecule has 2 aliphatic rings. The molecule has 2 heterocycles. The first-order valence-electron chi connectivity index (χ1n) is 5.67. The van der Waals surface area contributed by atoms with Crippen molar-refractivity contribution in [3.63, 3.8) is 0 Å². The molecule has 16 heavy (non-hydrogen) atoms. The van der Waals surface area contributed by atoms with Gasteiger partial charge in [-0.3, -0.25) is 4.79 Å². The van der Waals surface area contributed by atoms with E-state index < -0.39 is 5.72 Å². The third-order valence-corrected chi connectivity index (χ3v) is 3.41. The Balaban J connectivity index is 1.94. The zero-order valence-corrected chi connectivity index (χ0v) is 10.5. The van der Waals surface area contributed by atoms with Crippen molar-refractivity contribution in [1.29, 1.82) is 0 Å². The summed E-state index contributed by atoms with van der Waals surface area (Å²) >= 11 is 5.52. The Bertz CT molecular complexity index is 282. The largest absolute Gasteiger partial charge is 0.379 e. The van der Waals surface area contributed by atoms with Crippen molar-refractivity contribution in [3.05, 3.63) is 0 Å². The van der Waals surface area contributed by atoms with Crippen LogP contribution in [0.3, 0.4) is 0 Å². The fourth-order valence-corrected chi connectivity index (χ4v) is 2.66. The van der Waals surface area contributed by atoms with Gasteiger partial charge in [0.15, 0.2) is 0 Å². The average molecular weight is 248 g/mol. The van der Waals surface area contributed by atoms with Gasteiger partial charge >= 0.3 is 0 Å². The van der Waals surface area contributed by atoms with Crippen LogP contribution in [-0.4, -0.2) is 48.3 Å². The van der Waals surface area contributed by atoms with Gasteiger partial charge < -0.3 is 14.4 Å². The third kappa shape index (κ3) is 2.06. The maximum absolute atomic E-state index is 12.1. The Morgan fingerprint density at radius 1 is 1.62 bits per heavy atom. The summed E-state index contributed by atoms with van der Waals surface area (Å²) in [4.78, 5) is 14.0. The van der Waals surface area contributed by atoms with Crippen molar-refractivity contribution >= 4 is 17.5 Å².